The van der Waals surface area contributed by atoms with E-state index in [0.29, 0.717) is 6.10 Å². The van der Waals surface area contributed by atoms with Gasteiger partial charge in [-0.25, -0.2) is 0 Å². The molecule has 1 rings (SSSR count). The molecule has 0 N–H and O–H groups in total. The van der Waals surface area contributed by atoms with Gasteiger partial charge in [-0.15, -0.1) is 0 Å². The Kier molecular flexibility index (Phi) is 5.29. The minimum absolute atomic E-state index is 0.497. The Bertz CT molecular complexity index is 143. The van der Waals surface area contributed by atoms with Crippen LogP contribution in [-0.4, -0.2) is 43.1 Å². The molecule has 2 atom stereocenters. The summed E-state index contributed by atoms with van der Waals surface area (Å²) >= 11 is 3.48. The van der Waals surface area contributed by atoms with Gasteiger partial charge in [0.1, 0.15) is 0 Å². The van der Waals surface area contributed by atoms with Gasteiger partial charge in [0.2, 0.25) is 0 Å². The van der Waals surface area contributed by atoms with Crippen LogP contribution >= 0.6 is 15.9 Å². The topological polar surface area (TPSA) is 12.5 Å². The average Bonchev–Trinajstić information content (AvgIpc) is 2.18. The van der Waals surface area contributed by atoms with Crippen LogP contribution in [-0.2, 0) is 4.74 Å². The molecule has 2 nitrogen and oxygen atoms in total. The van der Waals surface area contributed by atoms with E-state index in [1.54, 1.807) is 0 Å². The van der Waals surface area contributed by atoms with Crippen molar-refractivity contribution in [3.63, 3.8) is 0 Å². The highest BCUT2D eigenvalue weighted by Crippen LogP contribution is 2.23. The molecule has 2 unspecified atom stereocenters. The van der Waals surface area contributed by atoms with E-state index in [9.17, 15) is 0 Å². The van der Waals surface area contributed by atoms with E-state index in [2.05, 4.69) is 27.9 Å². The molecule has 0 aromatic carbocycles. The molecule has 0 bridgehead atoms. The lowest BCUT2D eigenvalue weighted by Gasteiger charge is -2.34. The predicted octanol–water partition coefficient (Wildman–Crippen LogP) is 2.27. The Balaban J connectivity index is 2.32. The number of halogens is 1. The molecular weight excluding hydrogens is 230 g/mol. The van der Waals surface area contributed by atoms with Crippen molar-refractivity contribution in [1.29, 1.82) is 0 Å². The zero-order valence-electron chi connectivity index (χ0n) is 8.63. The Morgan fingerprint density at radius 1 is 1.46 bits per heavy atom. The highest BCUT2D eigenvalue weighted by Gasteiger charge is 2.23. The SMILES string of the molecule is COC1CCCC(N(C)CCBr)C1. The lowest BCUT2D eigenvalue weighted by atomic mass is 9.92. The number of hydrogen-bond acceptors (Lipinski definition) is 2. The Morgan fingerprint density at radius 2 is 2.23 bits per heavy atom. The minimum atomic E-state index is 0.497. The maximum Gasteiger partial charge on any atom is 0.0586 e. The van der Waals surface area contributed by atoms with Crippen molar-refractivity contribution in [3.8, 4) is 0 Å². The van der Waals surface area contributed by atoms with Gasteiger partial charge in [-0.05, 0) is 32.7 Å². The van der Waals surface area contributed by atoms with Crippen LogP contribution in [0.2, 0.25) is 0 Å². The van der Waals surface area contributed by atoms with Crippen LogP contribution in [0.1, 0.15) is 25.7 Å². The van der Waals surface area contributed by atoms with Crippen molar-refractivity contribution in [3.05, 3.63) is 0 Å². The normalized spacial score (nSPS) is 29.5. The van der Waals surface area contributed by atoms with Crippen molar-refractivity contribution in [2.45, 2.75) is 37.8 Å². The van der Waals surface area contributed by atoms with Gasteiger partial charge in [0, 0.05) is 25.0 Å². The smallest absolute Gasteiger partial charge is 0.0586 e. The van der Waals surface area contributed by atoms with E-state index in [4.69, 9.17) is 4.74 Å². The molecule has 1 aliphatic rings. The molecule has 0 aliphatic heterocycles. The highest BCUT2D eigenvalue weighted by atomic mass is 79.9. The standard InChI is InChI=1S/C10H20BrNO/c1-12(7-6-11)9-4-3-5-10(8-9)13-2/h9-10H,3-8H2,1-2H3. The zero-order chi connectivity index (χ0) is 9.68. The summed E-state index contributed by atoms with van der Waals surface area (Å²) in [5, 5.41) is 1.07. The van der Waals surface area contributed by atoms with Gasteiger partial charge < -0.3 is 9.64 Å². The lowest BCUT2D eigenvalue weighted by Crippen LogP contribution is -2.39. The molecule has 0 saturated heterocycles. The summed E-state index contributed by atoms with van der Waals surface area (Å²) in [7, 11) is 4.04. The molecule has 0 spiro atoms. The third kappa shape index (κ3) is 3.56. The molecule has 3 heteroatoms. The summed E-state index contributed by atoms with van der Waals surface area (Å²) in [5.41, 5.74) is 0. The summed E-state index contributed by atoms with van der Waals surface area (Å²) in [4.78, 5) is 2.44. The first-order chi connectivity index (χ1) is 6.27. The Morgan fingerprint density at radius 3 is 2.85 bits per heavy atom. The first kappa shape index (κ1) is 11.5. The van der Waals surface area contributed by atoms with E-state index in [0.717, 1.165) is 17.9 Å². The summed E-state index contributed by atoms with van der Waals surface area (Å²) in [5.74, 6) is 0. The molecule has 13 heavy (non-hydrogen) atoms. The summed E-state index contributed by atoms with van der Waals surface area (Å²) in [6.07, 6.45) is 5.60. The average molecular weight is 250 g/mol. The van der Waals surface area contributed by atoms with Crippen LogP contribution in [0.25, 0.3) is 0 Å². The number of rotatable bonds is 4. The van der Waals surface area contributed by atoms with Crippen molar-refractivity contribution in [1.82, 2.24) is 4.90 Å². The monoisotopic (exact) mass is 249 g/mol. The minimum Gasteiger partial charge on any atom is -0.381 e. The number of nitrogens with zero attached hydrogens (tertiary/aromatic N) is 1. The molecule has 1 saturated carbocycles. The number of ether oxygens (including phenoxy) is 1. The van der Waals surface area contributed by atoms with Crippen molar-refractivity contribution >= 4 is 15.9 Å². The van der Waals surface area contributed by atoms with E-state index in [1.165, 1.54) is 25.7 Å². The third-order valence-corrected chi connectivity index (χ3v) is 3.35. The van der Waals surface area contributed by atoms with Crippen LogP contribution in [0.15, 0.2) is 0 Å². The fraction of sp³-hybridized carbons (Fsp3) is 1.00. The fourth-order valence-corrected chi connectivity index (χ4v) is 2.61. The zero-order valence-corrected chi connectivity index (χ0v) is 10.2. The van der Waals surface area contributed by atoms with Gasteiger partial charge in [0.05, 0.1) is 6.10 Å². The van der Waals surface area contributed by atoms with Crippen molar-refractivity contribution in [2.24, 2.45) is 0 Å². The highest BCUT2D eigenvalue weighted by molar-refractivity contribution is 9.09. The van der Waals surface area contributed by atoms with Crippen LogP contribution in [0.5, 0.6) is 0 Å². The van der Waals surface area contributed by atoms with E-state index in [1.807, 2.05) is 7.11 Å². The second-order valence-corrected chi connectivity index (χ2v) is 4.64. The van der Waals surface area contributed by atoms with E-state index >= 15 is 0 Å². The fourth-order valence-electron chi connectivity index (χ4n) is 2.05. The van der Waals surface area contributed by atoms with E-state index in [-0.39, 0.29) is 0 Å². The van der Waals surface area contributed by atoms with Gasteiger partial charge in [-0.3, -0.25) is 0 Å². The van der Waals surface area contributed by atoms with Gasteiger partial charge in [-0.2, -0.15) is 0 Å². The largest absolute Gasteiger partial charge is 0.381 e. The molecule has 1 aliphatic carbocycles. The van der Waals surface area contributed by atoms with Crippen molar-refractivity contribution in [2.75, 3.05) is 26.0 Å². The van der Waals surface area contributed by atoms with E-state index < -0.39 is 0 Å². The molecule has 78 valence electrons. The molecule has 0 amide bonds. The van der Waals surface area contributed by atoms with Crippen molar-refractivity contribution < 1.29 is 4.74 Å². The predicted molar refractivity (Wildman–Crippen MR) is 59.5 cm³/mol. The lowest BCUT2D eigenvalue weighted by molar-refractivity contribution is 0.0361. The van der Waals surface area contributed by atoms with Gasteiger partial charge in [0.15, 0.2) is 0 Å². The summed E-state index contributed by atoms with van der Waals surface area (Å²) in [6, 6.07) is 0.733. The Hall–Kier alpha value is 0.400. The maximum atomic E-state index is 5.41. The van der Waals surface area contributed by atoms with Gasteiger partial charge in [0.25, 0.3) is 0 Å². The number of alkyl halides is 1. The molecule has 0 heterocycles. The molecule has 0 aromatic rings. The van der Waals surface area contributed by atoms with Crippen LogP contribution in [0.3, 0.4) is 0 Å². The summed E-state index contributed by atoms with van der Waals surface area (Å²) < 4.78 is 5.41. The second kappa shape index (κ2) is 5.99. The molecule has 0 aromatic heterocycles. The van der Waals surface area contributed by atoms with Gasteiger partial charge in [-0.1, -0.05) is 15.9 Å². The van der Waals surface area contributed by atoms with Crippen LogP contribution < -0.4 is 0 Å². The second-order valence-electron chi connectivity index (χ2n) is 3.85. The number of methoxy groups -OCH3 is 1. The van der Waals surface area contributed by atoms with Crippen LogP contribution in [0, 0.1) is 0 Å². The first-order valence-electron chi connectivity index (χ1n) is 5.07. The molecule has 0 radical (unpaired) electrons. The maximum absolute atomic E-state index is 5.41. The quantitative estimate of drug-likeness (QED) is 0.710. The molecular formula is C10H20BrNO. The third-order valence-electron chi connectivity index (χ3n) is 2.99. The number of hydrogen-bond donors (Lipinski definition) is 0. The molecule has 1 fully saturated rings. The Labute approximate surface area is 89.8 Å². The first-order valence-corrected chi connectivity index (χ1v) is 6.19. The van der Waals surface area contributed by atoms with Gasteiger partial charge >= 0.3 is 0 Å². The summed E-state index contributed by atoms with van der Waals surface area (Å²) in [6.45, 7) is 1.14. The van der Waals surface area contributed by atoms with Crippen LogP contribution in [0.4, 0.5) is 0 Å².